The molecule has 5 rings (SSSR count). The van der Waals surface area contributed by atoms with Crippen molar-refractivity contribution in [3.63, 3.8) is 0 Å². The molecule has 3 N–H and O–H groups in total. The largest absolute Gasteiger partial charge is 0.394 e. The predicted octanol–water partition coefficient (Wildman–Crippen LogP) is 2.51. The first kappa shape index (κ1) is 19.9. The van der Waals surface area contributed by atoms with E-state index >= 15 is 0 Å². The fourth-order valence-corrected chi connectivity index (χ4v) is 4.29. The van der Waals surface area contributed by atoms with E-state index in [-0.39, 0.29) is 6.04 Å². The zero-order valence-corrected chi connectivity index (χ0v) is 15.7. The van der Waals surface area contributed by atoms with Gasteiger partial charge < -0.3 is 5.11 Å². The SMILES string of the molecule is C=C[C@@H]1CN2CC[C@@H]1C[C@H]2[C@H](O)c1ccnc2ccccc12.O=S(=O)(O)O. The number of aromatic nitrogens is 1. The van der Waals surface area contributed by atoms with Crippen LogP contribution in [0.3, 0.4) is 0 Å². The topological polar surface area (TPSA) is 111 Å². The highest BCUT2D eigenvalue weighted by Crippen LogP contribution is 2.41. The summed E-state index contributed by atoms with van der Waals surface area (Å²) in [5, 5.41) is 12.1. The van der Waals surface area contributed by atoms with Crippen molar-refractivity contribution in [2.45, 2.75) is 25.0 Å². The average molecular weight is 392 g/mol. The summed E-state index contributed by atoms with van der Waals surface area (Å²) in [5.74, 6) is 1.27. The van der Waals surface area contributed by atoms with E-state index < -0.39 is 16.5 Å². The zero-order chi connectivity index (χ0) is 19.6. The van der Waals surface area contributed by atoms with Crippen molar-refractivity contribution in [3.05, 3.63) is 54.7 Å². The molecule has 7 nitrogen and oxygen atoms in total. The molecule has 3 saturated heterocycles. The molecule has 3 fully saturated rings. The fourth-order valence-electron chi connectivity index (χ4n) is 4.29. The van der Waals surface area contributed by atoms with Crippen molar-refractivity contribution < 1.29 is 22.6 Å². The number of nitrogens with zero attached hydrogens (tertiary/aromatic N) is 2. The third kappa shape index (κ3) is 4.72. The van der Waals surface area contributed by atoms with E-state index in [1.54, 1.807) is 0 Å². The monoisotopic (exact) mass is 392 g/mol. The molecule has 0 amide bonds. The summed E-state index contributed by atoms with van der Waals surface area (Å²) in [4.78, 5) is 6.86. The lowest BCUT2D eigenvalue weighted by Crippen LogP contribution is -2.54. The van der Waals surface area contributed by atoms with Gasteiger partial charge in [-0.05, 0) is 48.9 Å². The molecule has 1 aromatic heterocycles. The number of pyridine rings is 1. The number of piperidine rings is 3. The molecule has 3 aliphatic heterocycles. The molecule has 2 aromatic rings. The Hall–Kier alpha value is -1.84. The first-order valence-corrected chi connectivity index (χ1v) is 10.3. The van der Waals surface area contributed by atoms with Gasteiger partial charge in [0.05, 0.1) is 11.6 Å². The van der Waals surface area contributed by atoms with E-state index in [9.17, 15) is 5.11 Å². The Bertz CT molecular complexity index is 904. The second-order valence-electron chi connectivity index (χ2n) is 7.06. The van der Waals surface area contributed by atoms with Crippen LogP contribution < -0.4 is 0 Å². The Balaban J connectivity index is 0.000000376. The molecule has 2 bridgehead atoms. The van der Waals surface area contributed by atoms with E-state index in [2.05, 4.69) is 28.6 Å². The maximum Gasteiger partial charge on any atom is 0.394 e. The average Bonchev–Trinajstić information content (AvgIpc) is 2.66. The lowest BCUT2D eigenvalue weighted by atomic mass is 9.73. The normalized spacial score (nSPS) is 28.3. The Labute approximate surface area is 158 Å². The molecular weight excluding hydrogens is 368 g/mol. The molecule has 4 heterocycles. The Morgan fingerprint density at radius 1 is 1.26 bits per heavy atom. The van der Waals surface area contributed by atoms with Gasteiger partial charge in [-0.2, -0.15) is 8.42 Å². The quantitative estimate of drug-likeness (QED) is 0.544. The van der Waals surface area contributed by atoms with Gasteiger partial charge >= 0.3 is 10.4 Å². The Morgan fingerprint density at radius 3 is 2.59 bits per heavy atom. The van der Waals surface area contributed by atoms with Crippen molar-refractivity contribution in [1.29, 1.82) is 0 Å². The van der Waals surface area contributed by atoms with Crippen molar-refractivity contribution in [2.24, 2.45) is 11.8 Å². The number of aliphatic hydroxyl groups is 1. The van der Waals surface area contributed by atoms with E-state index in [1.807, 2.05) is 30.5 Å². The minimum absolute atomic E-state index is 0.223. The van der Waals surface area contributed by atoms with Crippen LogP contribution in [0.2, 0.25) is 0 Å². The van der Waals surface area contributed by atoms with Crippen LogP contribution in [0, 0.1) is 11.8 Å². The molecule has 0 spiro atoms. The van der Waals surface area contributed by atoms with E-state index in [0.29, 0.717) is 11.8 Å². The summed E-state index contributed by atoms with van der Waals surface area (Å²) in [5.41, 5.74) is 1.97. The second kappa shape index (κ2) is 8.04. The molecule has 8 heteroatoms. The molecular formula is C19H24N2O5S. The van der Waals surface area contributed by atoms with Crippen LogP contribution in [0.4, 0.5) is 0 Å². The molecule has 1 unspecified atom stereocenters. The van der Waals surface area contributed by atoms with Gasteiger partial charge in [-0.3, -0.25) is 19.0 Å². The lowest BCUT2D eigenvalue weighted by molar-refractivity contribution is -0.0444. The third-order valence-corrected chi connectivity index (χ3v) is 5.52. The van der Waals surface area contributed by atoms with Crippen LogP contribution >= 0.6 is 0 Å². The Kier molecular flexibility index (Phi) is 5.92. The number of rotatable bonds is 3. The van der Waals surface area contributed by atoms with Crippen LogP contribution in [0.1, 0.15) is 24.5 Å². The first-order valence-electron chi connectivity index (χ1n) is 8.86. The minimum Gasteiger partial charge on any atom is -0.387 e. The predicted molar refractivity (Wildman–Crippen MR) is 103 cm³/mol. The van der Waals surface area contributed by atoms with Crippen LogP contribution in [0.25, 0.3) is 10.9 Å². The summed E-state index contributed by atoms with van der Waals surface area (Å²) in [6, 6.07) is 10.3. The van der Waals surface area contributed by atoms with Gasteiger partial charge in [-0.15, -0.1) is 6.58 Å². The summed E-state index contributed by atoms with van der Waals surface area (Å²) in [6.07, 6.45) is 5.76. The van der Waals surface area contributed by atoms with Gasteiger partial charge in [0.15, 0.2) is 0 Å². The van der Waals surface area contributed by atoms with Gasteiger partial charge in [-0.25, -0.2) is 0 Å². The molecule has 0 aliphatic carbocycles. The lowest BCUT2D eigenvalue weighted by Gasteiger charge is -2.50. The molecule has 3 aliphatic rings. The number of fused-ring (bicyclic) bond motifs is 4. The number of benzene rings is 1. The molecule has 1 aromatic carbocycles. The molecule has 27 heavy (non-hydrogen) atoms. The molecule has 146 valence electrons. The standard InChI is InChI=1S/C19H22N2O.H2O4S/c1-2-13-12-21-10-8-14(13)11-18(21)19(22)16-7-9-20-17-6-4-3-5-15(16)17;1-5(2,3)4/h2-7,9,13-14,18-19,22H,1,8,10-12H2;(H2,1,2,3,4)/t13-,14-,18+,19-;/m1./s1. The van der Waals surface area contributed by atoms with Crippen molar-refractivity contribution >= 4 is 21.3 Å². The zero-order valence-electron chi connectivity index (χ0n) is 14.8. The van der Waals surface area contributed by atoms with Crippen molar-refractivity contribution in [1.82, 2.24) is 9.88 Å². The maximum atomic E-state index is 11.0. The number of para-hydroxylation sites is 1. The number of hydrogen-bond acceptors (Lipinski definition) is 5. The van der Waals surface area contributed by atoms with Crippen molar-refractivity contribution in [2.75, 3.05) is 13.1 Å². The highest BCUT2D eigenvalue weighted by atomic mass is 32.3. The van der Waals surface area contributed by atoms with Gasteiger partial charge in [0.2, 0.25) is 0 Å². The van der Waals surface area contributed by atoms with Crippen LogP contribution in [0.15, 0.2) is 49.2 Å². The van der Waals surface area contributed by atoms with Crippen molar-refractivity contribution in [3.8, 4) is 0 Å². The highest BCUT2D eigenvalue weighted by Gasteiger charge is 2.42. The second-order valence-corrected chi connectivity index (χ2v) is 7.95. The summed E-state index contributed by atoms with van der Waals surface area (Å²) in [6.45, 7) is 6.11. The fraction of sp³-hybridized carbons (Fsp3) is 0.421. The summed E-state index contributed by atoms with van der Waals surface area (Å²) >= 11 is 0. The highest BCUT2D eigenvalue weighted by molar-refractivity contribution is 7.79. The van der Waals surface area contributed by atoms with Crippen LogP contribution in [-0.2, 0) is 10.4 Å². The summed E-state index contributed by atoms with van der Waals surface area (Å²) in [7, 11) is -4.67. The van der Waals surface area contributed by atoms with Gasteiger partial charge in [0, 0.05) is 24.2 Å². The van der Waals surface area contributed by atoms with E-state index in [4.69, 9.17) is 17.5 Å². The number of hydrogen-bond donors (Lipinski definition) is 3. The van der Waals surface area contributed by atoms with Gasteiger partial charge in [-0.1, -0.05) is 24.3 Å². The first-order chi connectivity index (χ1) is 12.8. The van der Waals surface area contributed by atoms with E-state index in [0.717, 1.165) is 36.0 Å². The number of aliphatic hydroxyl groups excluding tert-OH is 1. The molecule has 0 radical (unpaired) electrons. The van der Waals surface area contributed by atoms with Crippen LogP contribution in [0.5, 0.6) is 0 Å². The minimum atomic E-state index is -4.67. The van der Waals surface area contributed by atoms with Gasteiger partial charge in [0.1, 0.15) is 0 Å². The smallest absolute Gasteiger partial charge is 0.387 e. The molecule has 0 saturated carbocycles. The molecule has 5 atom stereocenters. The Morgan fingerprint density at radius 2 is 1.96 bits per heavy atom. The maximum absolute atomic E-state index is 11.0. The third-order valence-electron chi connectivity index (χ3n) is 5.52. The summed E-state index contributed by atoms with van der Waals surface area (Å²) < 4.78 is 31.6. The van der Waals surface area contributed by atoms with Gasteiger partial charge in [0.25, 0.3) is 0 Å². The van der Waals surface area contributed by atoms with Crippen LogP contribution in [-0.4, -0.2) is 51.6 Å². The van der Waals surface area contributed by atoms with E-state index in [1.165, 1.54) is 6.42 Å².